The fraction of sp³-hybridized carbons (Fsp3) is 0.211. The van der Waals surface area contributed by atoms with Crippen LogP contribution in [0.3, 0.4) is 0 Å². The third-order valence-electron chi connectivity index (χ3n) is 4.54. The van der Waals surface area contributed by atoms with Crippen molar-refractivity contribution in [2.45, 2.75) is 12.3 Å². The van der Waals surface area contributed by atoms with Gasteiger partial charge in [-0.3, -0.25) is 4.79 Å². The van der Waals surface area contributed by atoms with Gasteiger partial charge >= 0.3 is 0 Å². The van der Waals surface area contributed by atoms with Gasteiger partial charge in [0.2, 0.25) is 0 Å². The molecule has 1 saturated heterocycles. The number of nitrogens with zero attached hydrogens (tertiary/aromatic N) is 1. The highest BCUT2D eigenvalue weighted by atomic mass is 79.9. The van der Waals surface area contributed by atoms with Crippen LogP contribution in [0.25, 0.3) is 10.9 Å². The third-order valence-corrected chi connectivity index (χ3v) is 5.03. The van der Waals surface area contributed by atoms with E-state index in [9.17, 15) is 4.79 Å². The van der Waals surface area contributed by atoms with Gasteiger partial charge in [0.25, 0.3) is 5.91 Å². The van der Waals surface area contributed by atoms with Gasteiger partial charge < -0.3 is 9.88 Å². The molecule has 4 heteroatoms. The van der Waals surface area contributed by atoms with Gasteiger partial charge in [-0.25, -0.2) is 0 Å². The molecule has 3 aromatic rings. The number of fused-ring (bicyclic) bond motifs is 1. The molecule has 1 unspecified atom stereocenters. The summed E-state index contributed by atoms with van der Waals surface area (Å²) in [6, 6.07) is 18.1. The third kappa shape index (κ3) is 2.79. The lowest BCUT2D eigenvalue weighted by molar-refractivity contribution is 0.0790. The van der Waals surface area contributed by atoms with Crippen molar-refractivity contribution >= 4 is 32.7 Å². The molecule has 1 atom stereocenters. The van der Waals surface area contributed by atoms with Crippen molar-refractivity contribution in [1.29, 1.82) is 0 Å². The lowest BCUT2D eigenvalue weighted by Gasteiger charge is -2.16. The second-order valence-corrected chi connectivity index (χ2v) is 6.97. The number of benzene rings is 2. The van der Waals surface area contributed by atoms with Crippen molar-refractivity contribution in [3.8, 4) is 0 Å². The summed E-state index contributed by atoms with van der Waals surface area (Å²) in [5.74, 6) is 0.503. The van der Waals surface area contributed by atoms with E-state index in [4.69, 9.17) is 0 Å². The van der Waals surface area contributed by atoms with Gasteiger partial charge in [0, 0.05) is 40.3 Å². The first-order chi connectivity index (χ1) is 11.2. The van der Waals surface area contributed by atoms with E-state index >= 15 is 0 Å². The summed E-state index contributed by atoms with van der Waals surface area (Å²) >= 11 is 3.43. The van der Waals surface area contributed by atoms with Crippen LogP contribution in [-0.2, 0) is 0 Å². The van der Waals surface area contributed by atoms with Crippen LogP contribution in [0.15, 0.2) is 59.1 Å². The molecule has 1 aliphatic rings. The Morgan fingerprint density at radius 2 is 2.00 bits per heavy atom. The molecule has 0 spiro atoms. The Kier molecular flexibility index (Phi) is 3.69. The average molecular weight is 369 g/mol. The highest BCUT2D eigenvalue weighted by Gasteiger charge is 2.28. The topological polar surface area (TPSA) is 36.1 Å². The quantitative estimate of drug-likeness (QED) is 0.706. The molecular weight excluding hydrogens is 352 g/mol. The zero-order chi connectivity index (χ0) is 15.8. The van der Waals surface area contributed by atoms with Crippen molar-refractivity contribution in [2.75, 3.05) is 13.1 Å². The fourth-order valence-electron chi connectivity index (χ4n) is 3.32. The molecule has 116 valence electrons. The molecule has 1 fully saturated rings. The number of halogens is 1. The number of aromatic amines is 1. The Balaban J connectivity index is 1.53. The highest BCUT2D eigenvalue weighted by Crippen LogP contribution is 2.30. The molecule has 2 heterocycles. The Hall–Kier alpha value is -2.07. The maximum Gasteiger partial charge on any atom is 0.253 e. The van der Waals surface area contributed by atoms with E-state index in [2.05, 4.69) is 45.2 Å². The molecule has 0 radical (unpaired) electrons. The fourth-order valence-corrected chi connectivity index (χ4v) is 3.72. The minimum atomic E-state index is 0.116. The second kappa shape index (κ2) is 5.85. The molecule has 1 aromatic heterocycles. The number of rotatable bonds is 2. The van der Waals surface area contributed by atoms with E-state index in [1.807, 2.05) is 35.2 Å². The van der Waals surface area contributed by atoms with Crippen LogP contribution in [-0.4, -0.2) is 28.9 Å². The van der Waals surface area contributed by atoms with Crippen molar-refractivity contribution in [1.82, 2.24) is 9.88 Å². The van der Waals surface area contributed by atoms with Crippen LogP contribution in [0.1, 0.15) is 28.4 Å². The molecule has 0 aliphatic carbocycles. The summed E-state index contributed by atoms with van der Waals surface area (Å²) in [5, 5.41) is 1.24. The average Bonchev–Trinajstić information content (AvgIpc) is 3.20. The summed E-state index contributed by atoms with van der Waals surface area (Å²) < 4.78 is 0.940. The summed E-state index contributed by atoms with van der Waals surface area (Å²) in [6.45, 7) is 1.59. The smallest absolute Gasteiger partial charge is 0.253 e. The Morgan fingerprint density at radius 1 is 1.13 bits per heavy atom. The Labute approximate surface area is 143 Å². The summed E-state index contributed by atoms with van der Waals surface area (Å²) in [5.41, 5.74) is 3.15. The second-order valence-electron chi connectivity index (χ2n) is 6.06. The maximum absolute atomic E-state index is 12.6. The van der Waals surface area contributed by atoms with Crippen molar-refractivity contribution < 1.29 is 4.79 Å². The zero-order valence-electron chi connectivity index (χ0n) is 12.6. The predicted molar refractivity (Wildman–Crippen MR) is 95.7 cm³/mol. The van der Waals surface area contributed by atoms with Crippen LogP contribution >= 0.6 is 15.9 Å². The van der Waals surface area contributed by atoms with Gasteiger partial charge in [-0.2, -0.15) is 0 Å². The van der Waals surface area contributed by atoms with E-state index < -0.39 is 0 Å². The van der Waals surface area contributed by atoms with E-state index in [1.54, 1.807) is 0 Å². The molecule has 23 heavy (non-hydrogen) atoms. The minimum Gasteiger partial charge on any atom is -0.358 e. The molecule has 1 amide bonds. The predicted octanol–water partition coefficient (Wildman–Crippen LogP) is 4.56. The number of para-hydroxylation sites is 1. The first-order valence-electron chi connectivity index (χ1n) is 7.83. The molecule has 0 saturated carbocycles. The maximum atomic E-state index is 12.6. The van der Waals surface area contributed by atoms with Crippen LogP contribution < -0.4 is 0 Å². The first-order valence-corrected chi connectivity index (χ1v) is 8.62. The number of carbonyl (C=O) groups excluding carboxylic acids is 1. The van der Waals surface area contributed by atoms with Gasteiger partial charge in [0.05, 0.1) is 0 Å². The molecule has 1 aliphatic heterocycles. The van der Waals surface area contributed by atoms with E-state index in [0.29, 0.717) is 5.92 Å². The number of H-pyrrole nitrogens is 1. The van der Waals surface area contributed by atoms with Crippen molar-refractivity contribution in [2.24, 2.45) is 0 Å². The van der Waals surface area contributed by atoms with Crippen LogP contribution in [0, 0.1) is 0 Å². The standard InChI is InChI=1S/C19H17BrN2O/c20-16-6-3-5-14(10-16)19(23)22-9-8-15(12-22)18-11-13-4-1-2-7-17(13)21-18/h1-7,10-11,15,21H,8-9,12H2. The molecule has 4 rings (SSSR count). The van der Waals surface area contributed by atoms with E-state index in [0.717, 1.165) is 29.5 Å². The number of aromatic nitrogens is 1. The summed E-state index contributed by atoms with van der Waals surface area (Å²) in [6.07, 6.45) is 1.01. The number of amides is 1. The van der Waals surface area contributed by atoms with Gasteiger partial charge in [-0.15, -0.1) is 0 Å². The Bertz CT molecular complexity index is 837. The molecule has 0 bridgehead atoms. The van der Waals surface area contributed by atoms with Gasteiger partial charge in [0.1, 0.15) is 0 Å². The van der Waals surface area contributed by atoms with E-state index in [-0.39, 0.29) is 5.91 Å². The molecule has 1 N–H and O–H groups in total. The molecule has 3 nitrogen and oxygen atoms in total. The normalized spacial score (nSPS) is 17.8. The largest absolute Gasteiger partial charge is 0.358 e. The lowest BCUT2D eigenvalue weighted by atomic mass is 10.1. The van der Waals surface area contributed by atoms with Crippen LogP contribution in [0.5, 0.6) is 0 Å². The molecule has 2 aromatic carbocycles. The first kappa shape index (κ1) is 14.5. The number of nitrogens with one attached hydrogen (secondary N) is 1. The number of carbonyl (C=O) groups is 1. The van der Waals surface area contributed by atoms with Gasteiger partial charge in [-0.1, -0.05) is 40.2 Å². The minimum absolute atomic E-state index is 0.116. The summed E-state index contributed by atoms with van der Waals surface area (Å²) in [4.78, 5) is 18.1. The van der Waals surface area contributed by atoms with Gasteiger partial charge in [-0.05, 0) is 42.1 Å². The summed E-state index contributed by atoms with van der Waals surface area (Å²) in [7, 11) is 0. The zero-order valence-corrected chi connectivity index (χ0v) is 14.2. The van der Waals surface area contributed by atoms with Crippen molar-refractivity contribution in [3.05, 3.63) is 70.3 Å². The van der Waals surface area contributed by atoms with Gasteiger partial charge in [0.15, 0.2) is 0 Å². The SMILES string of the molecule is O=C(c1cccc(Br)c1)N1CCC(c2cc3ccccc3[nH]2)C1. The van der Waals surface area contributed by atoms with Crippen molar-refractivity contribution in [3.63, 3.8) is 0 Å². The lowest BCUT2D eigenvalue weighted by Crippen LogP contribution is -2.28. The molecular formula is C19H17BrN2O. The van der Waals surface area contributed by atoms with Crippen LogP contribution in [0.2, 0.25) is 0 Å². The van der Waals surface area contributed by atoms with E-state index in [1.165, 1.54) is 16.6 Å². The highest BCUT2D eigenvalue weighted by molar-refractivity contribution is 9.10. The Morgan fingerprint density at radius 3 is 2.83 bits per heavy atom. The number of hydrogen-bond acceptors (Lipinski definition) is 1. The van der Waals surface area contributed by atoms with Crippen LogP contribution in [0.4, 0.5) is 0 Å². The number of hydrogen-bond donors (Lipinski definition) is 1. The monoisotopic (exact) mass is 368 g/mol. The number of likely N-dealkylation sites (tertiary alicyclic amines) is 1.